The molecule has 1 aliphatic rings. The minimum atomic E-state index is -3.29. The van der Waals surface area contributed by atoms with Gasteiger partial charge in [-0.25, -0.2) is 13.1 Å². The second-order valence-electron chi connectivity index (χ2n) is 6.89. The number of nitrogens with one attached hydrogen (secondary N) is 1. The summed E-state index contributed by atoms with van der Waals surface area (Å²) in [6.45, 7) is 6.37. The first-order valence-corrected chi connectivity index (χ1v) is 11.0. The molecule has 8 heteroatoms. The van der Waals surface area contributed by atoms with Gasteiger partial charge in [0, 0.05) is 19.6 Å². The highest BCUT2D eigenvalue weighted by Gasteiger charge is 2.26. The molecule has 142 valence electrons. The Balaban J connectivity index is 1.73. The van der Waals surface area contributed by atoms with Crippen molar-refractivity contribution in [3.8, 4) is 0 Å². The Kier molecular flexibility index (Phi) is 5.62. The van der Waals surface area contributed by atoms with E-state index in [2.05, 4.69) is 50.2 Å². The first kappa shape index (κ1) is 18.8. The van der Waals surface area contributed by atoms with E-state index in [1.165, 1.54) is 5.56 Å². The van der Waals surface area contributed by atoms with Crippen molar-refractivity contribution in [2.75, 3.05) is 24.2 Å². The zero-order chi connectivity index (χ0) is 18.7. The van der Waals surface area contributed by atoms with Crippen molar-refractivity contribution in [3.63, 3.8) is 0 Å². The highest BCUT2D eigenvalue weighted by atomic mass is 32.2. The normalized spacial score (nSPS) is 17.4. The SMILES string of the molecule is CCn1c(C(C)NS(C)(=O)=O)nnc1N1CCC(c2ccccc2)CC1. The van der Waals surface area contributed by atoms with Crippen LogP contribution in [0, 0.1) is 0 Å². The van der Waals surface area contributed by atoms with E-state index in [4.69, 9.17) is 0 Å². The molecule has 1 unspecified atom stereocenters. The van der Waals surface area contributed by atoms with Gasteiger partial charge in [0.05, 0.1) is 12.3 Å². The van der Waals surface area contributed by atoms with Crippen LogP contribution in [-0.4, -0.2) is 42.5 Å². The van der Waals surface area contributed by atoms with Gasteiger partial charge in [0.2, 0.25) is 16.0 Å². The van der Waals surface area contributed by atoms with Crippen LogP contribution in [0.25, 0.3) is 0 Å². The second-order valence-corrected chi connectivity index (χ2v) is 8.67. The van der Waals surface area contributed by atoms with E-state index in [9.17, 15) is 8.42 Å². The largest absolute Gasteiger partial charge is 0.341 e. The molecule has 26 heavy (non-hydrogen) atoms. The monoisotopic (exact) mass is 377 g/mol. The van der Waals surface area contributed by atoms with Crippen LogP contribution < -0.4 is 9.62 Å². The molecule has 2 aromatic rings. The standard InChI is InChI=1S/C18H27N5O2S/c1-4-23-17(14(2)21-26(3,24)25)19-20-18(23)22-12-10-16(11-13-22)15-8-6-5-7-9-15/h5-9,14,16,21H,4,10-13H2,1-3H3. The Labute approximate surface area is 155 Å². The van der Waals surface area contributed by atoms with Crippen molar-refractivity contribution < 1.29 is 8.42 Å². The fourth-order valence-corrected chi connectivity index (χ4v) is 4.42. The number of anilines is 1. The van der Waals surface area contributed by atoms with Crippen molar-refractivity contribution >= 4 is 16.0 Å². The average molecular weight is 378 g/mol. The molecule has 3 rings (SSSR count). The molecule has 0 aliphatic carbocycles. The van der Waals surface area contributed by atoms with E-state index in [1.54, 1.807) is 6.92 Å². The molecule has 1 N–H and O–H groups in total. The maximum atomic E-state index is 11.5. The van der Waals surface area contributed by atoms with Crippen LogP contribution in [0.5, 0.6) is 0 Å². The number of aromatic nitrogens is 3. The van der Waals surface area contributed by atoms with Gasteiger partial charge < -0.3 is 4.90 Å². The smallest absolute Gasteiger partial charge is 0.227 e. The van der Waals surface area contributed by atoms with E-state index >= 15 is 0 Å². The predicted molar refractivity (Wildman–Crippen MR) is 103 cm³/mol. The number of hydrogen-bond acceptors (Lipinski definition) is 5. The van der Waals surface area contributed by atoms with Crippen LogP contribution in [0.4, 0.5) is 5.95 Å². The molecule has 1 aromatic carbocycles. The Morgan fingerprint density at radius 2 is 1.85 bits per heavy atom. The van der Waals surface area contributed by atoms with Gasteiger partial charge >= 0.3 is 0 Å². The number of nitrogens with zero attached hydrogens (tertiary/aromatic N) is 4. The summed E-state index contributed by atoms with van der Waals surface area (Å²) in [6.07, 6.45) is 3.31. The Bertz CT molecular complexity index is 827. The van der Waals surface area contributed by atoms with Gasteiger partial charge in [0.1, 0.15) is 0 Å². The third kappa shape index (κ3) is 4.24. The number of sulfonamides is 1. The zero-order valence-corrected chi connectivity index (χ0v) is 16.4. The summed E-state index contributed by atoms with van der Waals surface area (Å²) < 4.78 is 27.6. The van der Waals surface area contributed by atoms with Crippen LogP contribution in [-0.2, 0) is 16.6 Å². The average Bonchev–Trinajstić information content (AvgIpc) is 3.05. The van der Waals surface area contributed by atoms with E-state index in [0.29, 0.717) is 18.3 Å². The maximum absolute atomic E-state index is 11.5. The fourth-order valence-electron chi connectivity index (χ4n) is 3.68. The van der Waals surface area contributed by atoms with Crippen molar-refractivity contribution in [1.82, 2.24) is 19.5 Å². The Morgan fingerprint density at radius 1 is 1.19 bits per heavy atom. The van der Waals surface area contributed by atoms with Gasteiger partial charge in [-0.1, -0.05) is 30.3 Å². The number of rotatable bonds is 6. The number of piperidine rings is 1. The molecule has 7 nitrogen and oxygen atoms in total. The molecule has 1 saturated heterocycles. The summed E-state index contributed by atoms with van der Waals surface area (Å²) in [6, 6.07) is 10.2. The molecule has 1 aliphatic heterocycles. The maximum Gasteiger partial charge on any atom is 0.227 e. The third-order valence-corrected chi connectivity index (χ3v) is 5.68. The molecule has 0 radical (unpaired) electrons. The predicted octanol–water partition coefficient (Wildman–Crippen LogP) is 2.29. The van der Waals surface area contributed by atoms with Crippen molar-refractivity contribution in [2.24, 2.45) is 0 Å². The molecular formula is C18H27N5O2S. The molecule has 1 fully saturated rings. The van der Waals surface area contributed by atoms with Gasteiger partial charge in [-0.15, -0.1) is 10.2 Å². The molecule has 1 atom stereocenters. The van der Waals surface area contributed by atoms with Crippen molar-refractivity contribution in [3.05, 3.63) is 41.7 Å². The Morgan fingerprint density at radius 3 is 2.42 bits per heavy atom. The minimum Gasteiger partial charge on any atom is -0.341 e. The highest BCUT2D eigenvalue weighted by molar-refractivity contribution is 7.88. The first-order valence-electron chi connectivity index (χ1n) is 9.09. The summed E-state index contributed by atoms with van der Waals surface area (Å²) in [5.41, 5.74) is 1.40. The molecular weight excluding hydrogens is 350 g/mol. The topological polar surface area (TPSA) is 80.1 Å². The van der Waals surface area contributed by atoms with Crippen LogP contribution >= 0.6 is 0 Å². The summed E-state index contributed by atoms with van der Waals surface area (Å²) in [5, 5.41) is 8.63. The molecule has 0 spiro atoms. The van der Waals surface area contributed by atoms with E-state index in [-0.39, 0.29) is 0 Å². The van der Waals surface area contributed by atoms with Crippen LogP contribution in [0.15, 0.2) is 30.3 Å². The van der Waals surface area contributed by atoms with Gasteiger partial charge in [-0.3, -0.25) is 4.57 Å². The summed E-state index contributed by atoms with van der Waals surface area (Å²) in [4.78, 5) is 2.26. The second kappa shape index (κ2) is 7.75. The molecule has 1 aromatic heterocycles. The number of benzene rings is 1. The zero-order valence-electron chi connectivity index (χ0n) is 15.6. The summed E-state index contributed by atoms with van der Waals surface area (Å²) >= 11 is 0. The third-order valence-electron chi connectivity index (χ3n) is 4.90. The van der Waals surface area contributed by atoms with E-state index in [1.807, 2.05) is 11.5 Å². The highest BCUT2D eigenvalue weighted by Crippen LogP contribution is 2.30. The lowest BCUT2D eigenvalue weighted by atomic mass is 9.90. The van der Waals surface area contributed by atoms with E-state index in [0.717, 1.165) is 38.1 Å². The van der Waals surface area contributed by atoms with Gasteiger partial charge in [0.15, 0.2) is 5.82 Å². The lowest BCUT2D eigenvalue weighted by Gasteiger charge is -2.33. The van der Waals surface area contributed by atoms with Gasteiger partial charge in [-0.05, 0) is 38.2 Å². The summed E-state index contributed by atoms with van der Waals surface area (Å²) in [7, 11) is -3.29. The van der Waals surface area contributed by atoms with Gasteiger partial charge in [-0.2, -0.15) is 0 Å². The lowest BCUT2D eigenvalue weighted by molar-refractivity contribution is 0.490. The van der Waals surface area contributed by atoms with Gasteiger partial charge in [0.25, 0.3) is 0 Å². The van der Waals surface area contributed by atoms with Crippen LogP contribution in [0.1, 0.15) is 50.0 Å². The van der Waals surface area contributed by atoms with Crippen molar-refractivity contribution in [2.45, 2.75) is 45.2 Å². The molecule has 0 saturated carbocycles. The molecule has 0 bridgehead atoms. The van der Waals surface area contributed by atoms with E-state index < -0.39 is 16.1 Å². The number of hydrogen-bond donors (Lipinski definition) is 1. The first-order chi connectivity index (χ1) is 12.4. The fraction of sp³-hybridized carbons (Fsp3) is 0.556. The molecule has 2 heterocycles. The molecule has 0 amide bonds. The Hall–Kier alpha value is -1.93. The summed E-state index contributed by atoms with van der Waals surface area (Å²) in [5.74, 6) is 2.06. The van der Waals surface area contributed by atoms with Crippen LogP contribution in [0.3, 0.4) is 0 Å². The lowest BCUT2D eigenvalue weighted by Crippen LogP contribution is -2.35. The quantitative estimate of drug-likeness (QED) is 0.835. The van der Waals surface area contributed by atoms with Crippen molar-refractivity contribution in [1.29, 1.82) is 0 Å². The minimum absolute atomic E-state index is 0.409. The van der Waals surface area contributed by atoms with Crippen LogP contribution in [0.2, 0.25) is 0 Å².